The third-order valence-corrected chi connectivity index (χ3v) is 3.98. The first-order valence-electron chi connectivity index (χ1n) is 7.13. The number of anilines is 1. The van der Waals surface area contributed by atoms with E-state index < -0.39 is 0 Å². The lowest BCUT2D eigenvalue weighted by molar-refractivity contribution is 0.911. The van der Waals surface area contributed by atoms with Gasteiger partial charge >= 0.3 is 0 Å². The van der Waals surface area contributed by atoms with Crippen molar-refractivity contribution < 1.29 is 0 Å². The van der Waals surface area contributed by atoms with Crippen LogP contribution in [0, 0.1) is 6.92 Å². The smallest absolute Gasteiger partial charge is 0.133 e. The molecule has 1 N–H and O–H groups in total. The van der Waals surface area contributed by atoms with Crippen molar-refractivity contribution in [1.29, 1.82) is 0 Å². The Morgan fingerprint density at radius 2 is 1.86 bits per heavy atom. The molecule has 0 bridgehead atoms. The van der Waals surface area contributed by atoms with Crippen LogP contribution < -0.4 is 5.32 Å². The van der Waals surface area contributed by atoms with Crippen molar-refractivity contribution in [3.05, 3.63) is 39.6 Å². The van der Waals surface area contributed by atoms with E-state index in [4.69, 9.17) is 23.2 Å². The molecule has 0 spiro atoms. The molecule has 2 rings (SSSR count). The van der Waals surface area contributed by atoms with E-state index in [2.05, 4.69) is 22.2 Å². The van der Waals surface area contributed by atoms with E-state index in [0.29, 0.717) is 10.0 Å². The molecule has 0 fully saturated rings. The molecular weight excluding hydrogens is 305 g/mol. The molecule has 0 aliphatic rings. The van der Waals surface area contributed by atoms with Crippen LogP contribution in [0.2, 0.25) is 10.0 Å². The third-order valence-electron chi connectivity index (χ3n) is 3.24. The van der Waals surface area contributed by atoms with E-state index in [0.717, 1.165) is 47.8 Å². The summed E-state index contributed by atoms with van der Waals surface area (Å²) in [5.41, 5.74) is 2.89. The largest absolute Gasteiger partial charge is 0.370 e. The molecule has 21 heavy (non-hydrogen) atoms. The zero-order valence-electron chi connectivity index (χ0n) is 12.5. The number of halogens is 2. The second-order valence-electron chi connectivity index (χ2n) is 4.87. The van der Waals surface area contributed by atoms with Gasteiger partial charge in [0, 0.05) is 24.1 Å². The van der Waals surface area contributed by atoms with Crippen LogP contribution in [0.1, 0.15) is 31.7 Å². The van der Waals surface area contributed by atoms with Crippen molar-refractivity contribution in [2.24, 2.45) is 0 Å². The molecule has 3 nitrogen and oxygen atoms in total. The molecule has 0 saturated carbocycles. The van der Waals surface area contributed by atoms with Gasteiger partial charge in [0.05, 0.1) is 15.7 Å². The number of hydrogen-bond acceptors (Lipinski definition) is 3. The Balaban J connectivity index is 2.52. The lowest BCUT2D eigenvalue weighted by atomic mass is 10.1. The Morgan fingerprint density at radius 1 is 1.10 bits per heavy atom. The van der Waals surface area contributed by atoms with E-state index in [1.807, 2.05) is 26.0 Å². The van der Waals surface area contributed by atoms with Gasteiger partial charge in [0.25, 0.3) is 0 Å². The van der Waals surface area contributed by atoms with Gasteiger partial charge in [-0.1, -0.05) is 43.1 Å². The number of nitrogens with one attached hydrogen (secondary N) is 1. The molecule has 0 unspecified atom stereocenters. The molecule has 0 saturated heterocycles. The minimum Gasteiger partial charge on any atom is -0.370 e. The van der Waals surface area contributed by atoms with Crippen LogP contribution in [-0.2, 0) is 6.42 Å². The van der Waals surface area contributed by atoms with Gasteiger partial charge in [-0.2, -0.15) is 0 Å². The van der Waals surface area contributed by atoms with Gasteiger partial charge in [0.2, 0.25) is 0 Å². The van der Waals surface area contributed by atoms with Crippen molar-refractivity contribution in [3.8, 4) is 11.3 Å². The summed E-state index contributed by atoms with van der Waals surface area (Å²) in [4.78, 5) is 9.22. The lowest BCUT2D eigenvalue weighted by Crippen LogP contribution is -2.08. The van der Waals surface area contributed by atoms with Crippen LogP contribution in [0.15, 0.2) is 18.2 Å². The maximum absolute atomic E-state index is 6.12. The molecule has 2 aromatic rings. The van der Waals surface area contributed by atoms with E-state index in [1.54, 1.807) is 6.07 Å². The highest BCUT2D eigenvalue weighted by atomic mass is 35.5. The summed E-state index contributed by atoms with van der Waals surface area (Å²) in [5.74, 6) is 1.71. The Kier molecular flexibility index (Phi) is 5.43. The summed E-state index contributed by atoms with van der Waals surface area (Å²) >= 11 is 12.1. The zero-order valence-corrected chi connectivity index (χ0v) is 14.0. The Morgan fingerprint density at radius 3 is 2.48 bits per heavy atom. The summed E-state index contributed by atoms with van der Waals surface area (Å²) in [6, 6.07) is 5.58. The van der Waals surface area contributed by atoms with Crippen LogP contribution in [-0.4, -0.2) is 16.5 Å². The first-order valence-corrected chi connectivity index (χ1v) is 7.89. The molecule has 112 valence electrons. The van der Waals surface area contributed by atoms with Crippen molar-refractivity contribution in [2.45, 2.75) is 33.6 Å². The summed E-state index contributed by atoms with van der Waals surface area (Å²) < 4.78 is 0. The number of hydrogen-bond donors (Lipinski definition) is 1. The SMILES string of the molecule is CCCNc1nc(CC)nc(-c2ccc(Cl)c(Cl)c2)c1C. The minimum atomic E-state index is 0.535. The number of nitrogens with zero attached hydrogens (tertiary/aromatic N) is 2. The fourth-order valence-electron chi connectivity index (χ4n) is 2.06. The second-order valence-corrected chi connectivity index (χ2v) is 5.69. The molecular formula is C16H19Cl2N3. The average Bonchev–Trinajstić information content (AvgIpc) is 2.49. The van der Waals surface area contributed by atoms with Crippen LogP contribution in [0.5, 0.6) is 0 Å². The first kappa shape index (κ1) is 16.1. The summed E-state index contributed by atoms with van der Waals surface area (Å²) in [7, 11) is 0. The van der Waals surface area contributed by atoms with Gasteiger partial charge in [0.1, 0.15) is 11.6 Å². The third kappa shape index (κ3) is 3.66. The van der Waals surface area contributed by atoms with Crippen LogP contribution in [0.3, 0.4) is 0 Å². The number of benzene rings is 1. The van der Waals surface area contributed by atoms with E-state index in [-0.39, 0.29) is 0 Å². The highest BCUT2D eigenvalue weighted by molar-refractivity contribution is 6.42. The predicted octanol–water partition coefficient (Wildman–Crippen LogP) is 5.14. The molecule has 0 atom stereocenters. The molecule has 5 heteroatoms. The van der Waals surface area contributed by atoms with E-state index in [1.165, 1.54) is 0 Å². The van der Waals surface area contributed by atoms with Gasteiger partial charge in [-0.15, -0.1) is 0 Å². The van der Waals surface area contributed by atoms with Gasteiger partial charge in [-0.25, -0.2) is 9.97 Å². The van der Waals surface area contributed by atoms with Gasteiger partial charge in [0.15, 0.2) is 0 Å². The van der Waals surface area contributed by atoms with Gasteiger partial charge < -0.3 is 5.32 Å². The maximum Gasteiger partial charge on any atom is 0.133 e. The first-order chi connectivity index (χ1) is 10.1. The molecule has 1 aromatic carbocycles. The van der Waals surface area contributed by atoms with Crippen molar-refractivity contribution >= 4 is 29.0 Å². The predicted molar refractivity (Wildman–Crippen MR) is 90.4 cm³/mol. The minimum absolute atomic E-state index is 0.535. The Hall–Kier alpha value is -1.32. The molecule has 1 heterocycles. The van der Waals surface area contributed by atoms with Crippen LogP contribution in [0.4, 0.5) is 5.82 Å². The fourth-order valence-corrected chi connectivity index (χ4v) is 2.36. The monoisotopic (exact) mass is 323 g/mol. The number of aryl methyl sites for hydroxylation is 1. The molecule has 0 aliphatic carbocycles. The highest BCUT2D eigenvalue weighted by Crippen LogP contribution is 2.31. The Bertz CT molecular complexity index is 642. The van der Waals surface area contributed by atoms with Crippen LogP contribution in [0.25, 0.3) is 11.3 Å². The van der Waals surface area contributed by atoms with Gasteiger partial charge in [-0.3, -0.25) is 0 Å². The van der Waals surface area contributed by atoms with E-state index in [9.17, 15) is 0 Å². The maximum atomic E-state index is 6.12. The second kappa shape index (κ2) is 7.10. The van der Waals surface area contributed by atoms with Crippen molar-refractivity contribution in [3.63, 3.8) is 0 Å². The van der Waals surface area contributed by atoms with Crippen molar-refractivity contribution in [2.75, 3.05) is 11.9 Å². The van der Waals surface area contributed by atoms with E-state index >= 15 is 0 Å². The van der Waals surface area contributed by atoms with Crippen molar-refractivity contribution in [1.82, 2.24) is 9.97 Å². The summed E-state index contributed by atoms with van der Waals surface area (Å²) in [6.45, 7) is 7.09. The normalized spacial score (nSPS) is 10.7. The fraction of sp³-hybridized carbons (Fsp3) is 0.375. The standard InChI is InChI=1S/C16H19Cl2N3/c1-4-8-19-16-10(3)15(20-14(5-2)21-16)11-6-7-12(17)13(18)9-11/h6-7,9H,4-5,8H2,1-3H3,(H,19,20,21). The number of aromatic nitrogens is 2. The molecule has 0 aliphatic heterocycles. The lowest BCUT2D eigenvalue weighted by Gasteiger charge is -2.14. The van der Waals surface area contributed by atoms with Crippen LogP contribution >= 0.6 is 23.2 Å². The topological polar surface area (TPSA) is 37.8 Å². The number of rotatable bonds is 5. The quantitative estimate of drug-likeness (QED) is 0.827. The highest BCUT2D eigenvalue weighted by Gasteiger charge is 2.13. The van der Waals surface area contributed by atoms with Gasteiger partial charge in [-0.05, 0) is 25.5 Å². The average molecular weight is 324 g/mol. The summed E-state index contributed by atoms with van der Waals surface area (Å²) in [5, 5.41) is 4.45. The zero-order chi connectivity index (χ0) is 15.4. The molecule has 0 radical (unpaired) electrons. The summed E-state index contributed by atoms with van der Waals surface area (Å²) in [6.07, 6.45) is 1.84. The molecule has 1 aromatic heterocycles. The Labute approximate surface area is 135 Å². The molecule has 0 amide bonds.